The van der Waals surface area contributed by atoms with Crippen LogP contribution in [0, 0.1) is 5.82 Å². The summed E-state index contributed by atoms with van der Waals surface area (Å²) in [6.45, 7) is 0. The molecule has 5 heteroatoms. The van der Waals surface area contributed by atoms with Crippen LogP contribution in [-0.2, 0) is 0 Å². The summed E-state index contributed by atoms with van der Waals surface area (Å²) in [6.07, 6.45) is 1.63. The molecule has 0 amide bonds. The highest BCUT2D eigenvalue weighted by Crippen LogP contribution is 2.28. The van der Waals surface area contributed by atoms with Crippen molar-refractivity contribution in [1.29, 1.82) is 0 Å². The van der Waals surface area contributed by atoms with Crippen molar-refractivity contribution in [3.05, 3.63) is 64.0 Å². The first-order chi connectivity index (χ1) is 10.1. The van der Waals surface area contributed by atoms with Gasteiger partial charge in [0.25, 0.3) is 0 Å². The van der Waals surface area contributed by atoms with Gasteiger partial charge in [0.15, 0.2) is 5.78 Å². The van der Waals surface area contributed by atoms with Gasteiger partial charge < -0.3 is 9.72 Å². The van der Waals surface area contributed by atoms with Crippen LogP contribution < -0.4 is 4.74 Å². The molecule has 0 aliphatic carbocycles. The van der Waals surface area contributed by atoms with Gasteiger partial charge in [-0.1, -0.05) is 15.9 Å². The molecule has 0 spiro atoms. The van der Waals surface area contributed by atoms with Crippen LogP contribution in [0.2, 0.25) is 0 Å². The van der Waals surface area contributed by atoms with E-state index in [-0.39, 0.29) is 5.78 Å². The van der Waals surface area contributed by atoms with Crippen LogP contribution in [0.4, 0.5) is 4.39 Å². The van der Waals surface area contributed by atoms with Gasteiger partial charge in [0.05, 0.1) is 7.11 Å². The molecule has 0 saturated heterocycles. The van der Waals surface area contributed by atoms with Crippen LogP contribution in [0.3, 0.4) is 0 Å². The summed E-state index contributed by atoms with van der Waals surface area (Å²) in [5.41, 5.74) is 1.60. The number of H-pyrrole nitrogens is 1. The van der Waals surface area contributed by atoms with Crippen molar-refractivity contribution in [2.24, 2.45) is 0 Å². The van der Waals surface area contributed by atoms with Crippen molar-refractivity contribution in [3.8, 4) is 5.75 Å². The number of ether oxygens (including phenoxy) is 1. The Bertz CT molecular complexity index is 841. The molecule has 0 aliphatic rings. The molecule has 3 nitrogen and oxygen atoms in total. The fourth-order valence-corrected chi connectivity index (χ4v) is 2.66. The van der Waals surface area contributed by atoms with Crippen molar-refractivity contribution >= 4 is 32.6 Å². The first kappa shape index (κ1) is 13.8. The van der Waals surface area contributed by atoms with Crippen molar-refractivity contribution in [2.75, 3.05) is 7.11 Å². The van der Waals surface area contributed by atoms with Crippen LogP contribution >= 0.6 is 15.9 Å². The van der Waals surface area contributed by atoms with Crippen molar-refractivity contribution < 1.29 is 13.9 Å². The molecule has 1 heterocycles. The predicted molar refractivity (Wildman–Crippen MR) is 82.4 cm³/mol. The third kappa shape index (κ3) is 2.45. The molecule has 0 aliphatic heterocycles. The maximum Gasteiger partial charge on any atom is 0.196 e. The fourth-order valence-electron chi connectivity index (χ4n) is 2.23. The Kier molecular flexibility index (Phi) is 3.51. The molecule has 0 unspecified atom stereocenters. The van der Waals surface area contributed by atoms with Gasteiger partial charge in [0.1, 0.15) is 11.6 Å². The van der Waals surface area contributed by atoms with Gasteiger partial charge in [-0.05, 0) is 36.4 Å². The number of aromatic amines is 1. The Labute approximate surface area is 128 Å². The lowest BCUT2D eigenvalue weighted by Gasteiger charge is -2.04. The Morgan fingerprint density at radius 3 is 2.76 bits per heavy atom. The van der Waals surface area contributed by atoms with Crippen LogP contribution in [0.5, 0.6) is 5.75 Å². The Hall–Kier alpha value is -2.14. The number of hydrogen-bond donors (Lipinski definition) is 1. The van der Waals surface area contributed by atoms with Crippen molar-refractivity contribution in [1.82, 2.24) is 4.98 Å². The monoisotopic (exact) mass is 347 g/mol. The highest BCUT2D eigenvalue weighted by molar-refractivity contribution is 9.10. The Morgan fingerprint density at radius 2 is 2.00 bits per heavy atom. The van der Waals surface area contributed by atoms with Crippen LogP contribution in [0.15, 0.2) is 47.1 Å². The van der Waals surface area contributed by atoms with E-state index in [9.17, 15) is 9.18 Å². The van der Waals surface area contributed by atoms with Gasteiger partial charge in [-0.15, -0.1) is 0 Å². The molecule has 0 bridgehead atoms. The minimum absolute atomic E-state index is 0.249. The zero-order chi connectivity index (χ0) is 15.0. The number of carbonyl (C=O) groups is 1. The summed E-state index contributed by atoms with van der Waals surface area (Å²) in [5.74, 6) is -0.0330. The number of rotatable bonds is 3. The lowest BCUT2D eigenvalue weighted by Crippen LogP contribution is -2.02. The van der Waals surface area contributed by atoms with E-state index in [4.69, 9.17) is 4.74 Å². The van der Waals surface area contributed by atoms with Gasteiger partial charge in [-0.3, -0.25) is 4.79 Å². The Morgan fingerprint density at radius 1 is 1.19 bits per heavy atom. The Balaban J connectivity index is 2.15. The number of nitrogens with one attached hydrogen (secondary N) is 1. The van der Waals surface area contributed by atoms with E-state index < -0.39 is 5.82 Å². The van der Waals surface area contributed by atoms with E-state index in [2.05, 4.69) is 20.9 Å². The molecule has 1 N–H and O–H groups in total. The summed E-state index contributed by atoms with van der Waals surface area (Å²) in [7, 11) is 1.57. The maximum absolute atomic E-state index is 13.4. The van der Waals surface area contributed by atoms with E-state index >= 15 is 0 Å². The molecule has 1 aromatic heterocycles. The van der Waals surface area contributed by atoms with E-state index in [1.807, 2.05) is 12.1 Å². The third-order valence-corrected chi connectivity index (χ3v) is 4.00. The summed E-state index contributed by atoms with van der Waals surface area (Å²) in [4.78, 5) is 15.7. The number of carbonyl (C=O) groups excluding carboxylic acids is 1. The molecule has 0 atom stereocenters. The number of hydrogen-bond acceptors (Lipinski definition) is 2. The highest BCUT2D eigenvalue weighted by Gasteiger charge is 2.17. The maximum atomic E-state index is 13.4. The molecule has 3 aromatic rings. The largest absolute Gasteiger partial charge is 0.497 e. The number of halogens is 2. The predicted octanol–water partition coefficient (Wildman–Crippen LogP) is 4.31. The third-order valence-electron chi connectivity index (χ3n) is 3.31. The van der Waals surface area contributed by atoms with Gasteiger partial charge in [-0.25, -0.2) is 4.39 Å². The zero-order valence-electron chi connectivity index (χ0n) is 11.1. The SMILES string of the molecule is COc1ccc2[nH]cc(C(=O)c3cc(F)ccc3Br)c2c1. The van der Waals surface area contributed by atoms with E-state index in [0.717, 1.165) is 10.9 Å². The molecule has 21 heavy (non-hydrogen) atoms. The molecular weight excluding hydrogens is 337 g/mol. The summed E-state index contributed by atoms with van der Waals surface area (Å²) >= 11 is 3.29. The minimum atomic E-state index is -0.445. The van der Waals surface area contributed by atoms with Gasteiger partial charge in [-0.2, -0.15) is 0 Å². The zero-order valence-corrected chi connectivity index (χ0v) is 12.7. The molecule has 0 fully saturated rings. The standard InChI is InChI=1S/C16H11BrFNO2/c1-21-10-3-5-15-11(7-10)13(8-19-15)16(20)12-6-9(18)2-4-14(12)17/h2-8,19H,1H3. The number of aromatic nitrogens is 1. The van der Waals surface area contributed by atoms with Crippen molar-refractivity contribution in [3.63, 3.8) is 0 Å². The minimum Gasteiger partial charge on any atom is -0.497 e. The molecule has 106 valence electrons. The van der Waals surface area contributed by atoms with Crippen molar-refractivity contribution in [2.45, 2.75) is 0 Å². The molecule has 0 saturated carbocycles. The van der Waals surface area contributed by atoms with Gasteiger partial charge in [0.2, 0.25) is 0 Å². The quantitative estimate of drug-likeness (QED) is 0.717. The van der Waals surface area contributed by atoms with Crippen LogP contribution in [0.1, 0.15) is 15.9 Å². The summed E-state index contributed by atoms with van der Waals surface area (Å²) < 4.78 is 19.1. The number of benzene rings is 2. The molecule has 2 aromatic carbocycles. The molecular formula is C16H11BrFNO2. The lowest BCUT2D eigenvalue weighted by atomic mass is 10.0. The van der Waals surface area contributed by atoms with Gasteiger partial charge in [0, 0.05) is 32.7 Å². The van der Waals surface area contributed by atoms with E-state index in [0.29, 0.717) is 21.3 Å². The van der Waals surface area contributed by atoms with E-state index in [1.165, 1.54) is 18.2 Å². The van der Waals surface area contributed by atoms with Crippen LogP contribution in [-0.4, -0.2) is 17.9 Å². The summed E-state index contributed by atoms with van der Waals surface area (Å²) in [6, 6.07) is 9.49. The smallest absolute Gasteiger partial charge is 0.196 e. The van der Waals surface area contributed by atoms with Crippen LogP contribution in [0.25, 0.3) is 10.9 Å². The fraction of sp³-hybridized carbons (Fsp3) is 0.0625. The first-order valence-electron chi connectivity index (χ1n) is 6.25. The second-order valence-corrected chi connectivity index (χ2v) is 5.42. The topological polar surface area (TPSA) is 42.1 Å². The average Bonchev–Trinajstić information content (AvgIpc) is 2.91. The molecule has 3 rings (SSSR count). The van der Waals surface area contributed by atoms with Gasteiger partial charge >= 0.3 is 0 Å². The first-order valence-corrected chi connectivity index (χ1v) is 7.04. The number of ketones is 1. The normalized spacial score (nSPS) is 10.8. The lowest BCUT2D eigenvalue weighted by molar-refractivity contribution is 0.103. The van der Waals surface area contributed by atoms with E-state index in [1.54, 1.807) is 19.4 Å². The summed E-state index contributed by atoms with van der Waals surface area (Å²) in [5, 5.41) is 0.746. The number of methoxy groups -OCH3 is 1. The second-order valence-electron chi connectivity index (χ2n) is 4.57. The molecule has 0 radical (unpaired) electrons. The second kappa shape index (κ2) is 5.33. The highest BCUT2D eigenvalue weighted by atomic mass is 79.9. The average molecular weight is 348 g/mol. The number of fused-ring (bicyclic) bond motifs is 1.